The van der Waals surface area contributed by atoms with E-state index in [9.17, 15) is 13.2 Å². The van der Waals surface area contributed by atoms with Crippen molar-refractivity contribution in [3.8, 4) is 28.7 Å². The molecule has 4 rings (SSSR count). The number of rotatable bonds is 7. The number of benzene rings is 2. The van der Waals surface area contributed by atoms with Gasteiger partial charge in [-0.25, -0.2) is 17.9 Å². The van der Waals surface area contributed by atoms with Crippen molar-refractivity contribution in [3.05, 3.63) is 64.3 Å². The second kappa shape index (κ2) is 9.74. The van der Waals surface area contributed by atoms with E-state index in [0.29, 0.717) is 15.7 Å². The molecule has 0 radical (unpaired) electrons. The van der Waals surface area contributed by atoms with Crippen LogP contribution in [0.5, 0.6) is 0 Å². The second-order valence-electron chi connectivity index (χ2n) is 8.07. The van der Waals surface area contributed by atoms with Crippen LogP contribution in [0.3, 0.4) is 0 Å². The van der Waals surface area contributed by atoms with Crippen molar-refractivity contribution in [1.82, 2.24) is 20.0 Å². The van der Waals surface area contributed by atoms with E-state index in [1.165, 1.54) is 12.1 Å². The number of carbonyl (C=O) groups is 1. The molecule has 11 heteroatoms. The zero-order valence-corrected chi connectivity index (χ0v) is 21.9. The molecule has 0 saturated heterocycles. The maximum atomic E-state index is 12.6. The molecule has 2 aromatic heterocycles. The van der Waals surface area contributed by atoms with Crippen LogP contribution in [0.25, 0.3) is 28.7 Å². The monoisotopic (exact) mass is 558 g/mol. The number of carbonyl (C=O) groups excluding carboxylic acids is 1. The van der Waals surface area contributed by atoms with Gasteiger partial charge in [0.1, 0.15) is 5.69 Å². The molecule has 4 aromatic rings. The number of hydrogen-bond acceptors (Lipinski definition) is 8. The van der Waals surface area contributed by atoms with Crippen LogP contribution < -0.4 is 0 Å². The largest absolute Gasteiger partial charge is 0.461 e. The number of para-hydroxylation sites is 1. The highest BCUT2D eigenvalue weighted by atomic mass is 79.9. The Labute approximate surface area is 211 Å². The summed E-state index contributed by atoms with van der Waals surface area (Å²) < 4.78 is 37.0. The summed E-state index contributed by atoms with van der Waals surface area (Å²) in [4.78, 5) is 12.8. The van der Waals surface area contributed by atoms with Crippen molar-refractivity contribution >= 4 is 31.7 Å². The molecule has 0 saturated carbocycles. The van der Waals surface area contributed by atoms with Gasteiger partial charge in [0.15, 0.2) is 15.5 Å². The molecule has 2 heterocycles. The number of sulfone groups is 1. The molecular formula is C24H23BrN4O5S. The molecule has 0 amide bonds. The molecule has 0 N–H and O–H groups in total. The predicted octanol–water partition coefficient (Wildman–Crippen LogP) is 5.06. The Bertz CT molecular complexity index is 1510. The number of esters is 1. The Balaban J connectivity index is 1.90. The molecule has 0 aliphatic heterocycles. The summed E-state index contributed by atoms with van der Waals surface area (Å²) in [5, 5.41) is 12.8. The van der Waals surface area contributed by atoms with Gasteiger partial charge in [0.25, 0.3) is 5.89 Å². The number of ether oxygens (including phenoxy) is 1. The zero-order valence-electron chi connectivity index (χ0n) is 19.5. The van der Waals surface area contributed by atoms with Crippen LogP contribution in [-0.4, -0.2) is 47.2 Å². The highest BCUT2D eigenvalue weighted by molar-refractivity contribution is 9.10. The standard InChI is InChI=1S/C24H23BrN4O5S/c1-5-33-24(30)20-19(25)21(29(28-20)18-12-7-6-11-17(18)14(2)3)23-27-26-22(34-23)15-9-8-10-16(13-15)35(4,31)32/h6-14H,5H2,1-4H3. The molecule has 2 aromatic carbocycles. The predicted molar refractivity (Wildman–Crippen MR) is 133 cm³/mol. The van der Waals surface area contributed by atoms with Gasteiger partial charge in [0.05, 0.1) is 21.7 Å². The molecular weight excluding hydrogens is 536 g/mol. The van der Waals surface area contributed by atoms with Crippen molar-refractivity contribution in [2.75, 3.05) is 12.9 Å². The van der Waals surface area contributed by atoms with E-state index < -0.39 is 15.8 Å². The minimum Gasteiger partial charge on any atom is -0.461 e. The van der Waals surface area contributed by atoms with Gasteiger partial charge >= 0.3 is 5.97 Å². The van der Waals surface area contributed by atoms with Crippen LogP contribution in [0.4, 0.5) is 0 Å². The molecule has 9 nitrogen and oxygen atoms in total. The fraction of sp³-hybridized carbons (Fsp3) is 0.250. The quantitative estimate of drug-likeness (QED) is 0.289. The highest BCUT2D eigenvalue weighted by Gasteiger charge is 2.29. The summed E-state index contributed by atoms with van der Waals surface area (Å²) in [6.45, 7) is 6.02. The van der Waals surface area contributed by atoms with E-state index in [1.807, 2.05) is 24.3 Å². The molecule has 0 bridgehead atoms. The van der Waals surface area contributed by atoms with Gasteiger partial charge in [0.2, 0.25) is 5.89 Å². The second-order valence-corrected chi connectivity index (χ2v) is 10.9. The number of nitrogens with zero attached hydrogens (tertiary/aromatic N) is 4. The Hall–Kier alpha value is -3.31. The van der Waals surface area contributed by atoms with Crippen LogP contribution in [0.1, 0.15) is 42.7 Å². The molecule has 0 unspecified atom stereocenters. The Kier molecular flexibility index (Phi) is 6.91. The molecule has 0 atom stereocenters. The maximum Gasteiger partial charge on any atom is 0.360 e. The van der Waals surface area contributed by atoms with Crippen LogP contribution >= 0.6 is 15.9 Å². The third-order valence-corrected chi connectivity index (χ3v) is 7.08. The average Bonchev–Trinajstić information content (AvgIpc) is 3.43. The van der Waals surface area contributed by atoms with Gasteiger partial charge in [-0.3, -0.25) is 0 Å². The minimum atomic E-state index is -3.42. The van der Waals surface area contributed by atoms with Gasteiger partial charge in [-0.15, -0.1) is 10.2 Å². The third-order valence-electron chi connectivity index (χ3n) is 5.22. The molecule has 0 fully saturated rings. The third kappa shape index (κ3) is 4.92. The minimum absolute atomic E-state index is 0.0687. The Morgan fingerprint density at radius 1 is 1.11 bits per heavy atom. The van der Waals surface area contributed by atoms with Crippen LogP contribution in [0.15, 0.2) is 62.3 Å². The van der Waals surface area contributed by atoms with Crippen LogP contribution in [0.2, 0.25) is 0 Å². The normalized spacial score (nSPS) is 11.7. The van der Waals surface area contributed by atoms with E-state index in [4.69, 9.17) is 9.15 Å². The lowest BCUT2D eigenvalue weighted by Gasteiger charge is -2.13. The molecule has 0 aliphatic rings. The van der Waals surface area contributed by atoms with Gasteiger partial charge < -0.3 is 9.15 Å². The van der Waals surface area contributed by atoms with E-state index >= 15 is 0 Å². The first-order valence-corrected chi connectivity index (χ1v) is 13.5. The lowest BCUT2D eigenvalue weighted by Crippen LogP contribution is -2.08. The van der Waals surface area contributed by atoms with Crippen molar-refractivity contribution in [3.63, 3.8) is 0 Å². The molecule has 182 valence electrons. The fourth-order valence-electron chi connectivity index (χ4n) is 3.55. The molecule has 0 spiro atoms. The summed E-state index contributed by atoms with van der Waals surface area (Å²) in [6, 6.07) is 13.9. The number of halogens is 1. The smallest absolute Gasteiger partial charge is 0.360 e. The van der Waals surface area contributed by atoms with Crippen LogP contribution in [0, 0.1) is 0 Å². The van der Waals surface area contributed by atoms with Gasteiger partial charge in [-0.05, 0) is 58.6 Å². The number of aromatic nitrogens is 4. The van der Waals surface area contributed by atoms with E-state index in [-0.39, 0.29) is 34.9 Å². The summed E-state index contributed by atoms with van der Waals surface area (Å²) in [7, 11) is -3.42. The maximum absolute atomic E-state index is 12.6. The number of hydrogen-bond donors (Lipinski definition) is 0. The SMILES string of the molecule is CCOC(=O)c1nn(-c2ccccc2C(C)C)c(-c2nnc(-c3cccc(S(C)(=O)=O)c3)o2)c1Br. The summed E-state index contributed by atoms with van der Waals surface area (Å²) in [6.07, 6.45) is 1.13. The van der Waals surface area contributed by atoms with E-state index in [0.717, 1.165) is 17.5 Å². The Morgan fingerprint density at radius 3 is 2.51 bits per heavy atom. The lowest BCUT2D eigenvalue weighted by molar-refractivity contribution is 0.0518. The van der Waals surface area contributed by atoms with E-state index in [1.54, 1.807) is 23.7 Å². The topological polar surface area (TPSA) is 117 Å². The lowest BCUT2D eigenvalue weighted by atomic mass is 10.0. The average molecular weight is 559 g/mol. The molecule has 35 heavy (non-hydrogen) atoms. The fourth-order valence-corrected chi connectivity index (χ4v) is 4.80. The molecule has 0 aliphatic carbocycles. The van der Waals surface area contributed by atoms with Gasteiger partial charge in [-0.2, -0.15) is 5.10 Å². The van der Waals surface area contributed by atoms with Crippen molar-refractivity contribution in [1.29, 1.82) is 0 Å². The first kappa shape index (κ1) is 24.8. The van der Waals surface area contributed by atoms with Crippen LogP contribution in [-0.2, 0) is 14.6 Å². The van der Waals surface area contributed by atoms with Gasteiger partial charge in [0, 0.05) is 11.8 Å². The first-order chi connectivity index (χ1) is 16.6. The van der Waals surface area contributed by atoms with Crippen molar-refractivity contribution in [2.24, 2.45) is 0 Å². The first-order valence-electron chi connectivity index (χ1n) is 10.8. The van der Waals surface area contributed by atoms with E-state index in [2.05, 4.69) is 45.1 Å². The summed E-state index contributed by atoms with van der Waals surface area (Å²) >= 11 is 3.48. The summed E-state index contributed by atoms with van der Waals surface area (Å²) in [5.74, 6) is -0.203. The van der Waals surface area contributed by atoms with Gasteiger partial charge in [-0.1, -0.05) is 38.1 Å². The van der Waals surface area contributed by atoms with Crippen molar-refractivity contribution in [2.45, 2.75) is 31.6 Å². The van der Waals surface area contributed by atoms with Crippen molar-refractivity contribution < 1.29 is 22.4 Å². The summed E-state index contributed by atoms with van der Waals surface area (Å²) in [5.41, 5.74) is 2.63. The highest BCUT2D eigenvalue weighted by Crippen LogP contribution is 2.36. The Morgan fingerprint density at radius 2 is 1.83 bits per heavy atom. The zero-order chi connectivity index (χ0) is 25.3.